The van der Waals surface area contributed by atoms with E-state index in [0.717, 1.165) is 25.0 Å². The van der Waals surface area contributed by atoms with Crippen molar-refractivity contribution in [2.24, 2.45) is 4.99 Å². The Morgan fingerprint density at radius 2 is 2.05 bits per heavy atom. The Hall–Kier alpha value is -2.30. The highest BCUT2D eigenvalue weighted by Crippen LogP contribution is 2.13. The summed E-state index contributed by atoms with van der Waals surface area (Å²) >= 11 is 0. The lowest BCUT2D eigenvalue weighted by Gasteiger charge is -2.07. The van der Waals surface area contributed by atoms with E-state index in [2.05, 4.69) is 22.3 Å². The quantitative estimate of drug-likeness (QED) is 0.406. The van der Waals surface area contributed by atoms with Crippen LogP contribution in [-0.4, -0.2) is 24.4 Å². The van der Waals surface area contributed by atoms with Crippen LogP contribution in [0.4, 0.5) is 10.5 Å². The zero-order chi connectivity index (χ0) is 14.8. The monoisotopic (exact) mass is 275 g/mol. The third-order valence-corrected chi connectivity index (χ3v) is 2.81. The van der Waals surface area contributed by atoms with Gasteiger partial charge in [-0.15, -0.1) is 0 Å². The van der Waals surface area contributed by atoms with Crippen molar-refractivity contribution < 1.29 is 9.90 Å². The molecule has 0 aliphatic heterocycles. The van der Waals surface area contributed by atoms with Crippen LogP contribution < -0.4 is 10.6 Å². The Balaban J connectivity index is 2.17. The lowest BCUT2D eigenvalue weighted by Crippen LogP contribution is -2.29. The predicted molar refractivity (Wildman–Crippen MR) is 82.3 cm³/mol. The maximum Gasteiger partial charge on any atom is 0.319 e. The summed E-state index contributed by atoms with van der Waals surface area (Å²) in [6.07, 6.45) is 4.66. The number of rotatable bonds is 7. The molecule has 0 aliphatic carbocycles. The Morgan fingerprint density at radius 1 is 1.35 bits per heavy atom. The van der Waals surface area contributed by atoms with E-state index in [0.29, 0.717) is 12.2 Å². The van der Waals surface area contributed by atoms with E-state index in [1.165, 1.54) is 12.1 Å². The average Bonchev–Trinajstić information content (AvgIpc) is 2.45. The Kier molecular flexibility index (Phi) is 6.89. The molecular formula is C15H21N3O2. The van der Waals surface area contributed by atoms with E-state index >= 15 is 0 Å². The van der Waals surface area contributed by atoms with Gasteiger partial charge in [0.15, 0.2) is 0 Å². The zero-order valence-electron chi connectivity index (χ0n) is 11.7. The number of nitrogens with zero attached hydrogens (tertiary/aromatic N) is 1. The number of aliphatic imine (C=N–C) groups is 1. The molecule has 5 heteroatoms. The van der Waals surface area contributed by atoms with Crippen molar-refractivity contribution in [1.29, 1.82) is 0 Å². The number of phenols is 1. The molecule has 0 aliphatic rings. The van der Waals surface area contributed by atoms with Gasteiger partial charge in [-0.25, -0.2) is 4.79 Å². The van der Waals surface area contributed by atoms with Gasteiger partial charge in [-0.3, -0.25) is 4.99 Å². The van der Waals surface area contributed by atoms with Crippen LogP contribution >= 0.6 is 0 Å². The van der Waals surface area contributed by atoms with Crippen molar-refractivity contribution in [3.63, 3.8) is 0 Å². The third kappa shape index (κ3) is 6.04. The van der Waals surface area contributed by atoms with E-state index < -0.39 is 0 Å². The number of phenolic OH excluding ortho intramolecular Hbond substituents is 1. The standard InChI is InChI=1S/C15H21N3O2/c1-3-12(16-2)6-4-5-11-17-15(20)18-13-7-9-14(19)10-8-13/h3,7-10,19H,2,4-6,11H2,1H3,(H2,17,18,20)/b12-3-. The fraction of sp³-hybridized carbons (Fsp3) is 0.333. The summed E-state index contributed by atoms with van der Waals surface area (Å²) in [5.41, 5.74) is 1.63. The maximum absolute atomic E-state index is 11.6. The van der Waals surface area contributed by atoms with E-state index in [9.17, 15) is 4.79 Å². The van der Waals surface area contributed by atoms with Gasteiger partial charge in [-0.2, -0.15) is 0 Å². The molecule has 0 saturated heterocycles. The Morgan fingerprint density at radius 3 is 2.65 bits per heavy atom. The van der Waals surface area contributed by atoms with Gasteiger partial charge in [0.2, 0.25) is 0 Å². The van der Waals surface area contributed by atoms with Crippen molar-refractivity contribution >= 4 is 18.4 Å². The second-order valence-electron chi connectivity index (χ2n) is 4.32. The molecule has 0 fully saturated rings. The van der Waals surface area contributed by atoms with Crippen LogP contribution in [0.1, 0.15) is 26.2 Å². The Bertz CT molecular complexity index is 467. The second-order valence-corrected chi connectivity index (χ2v) is 4.32. The summed E-state index contributed by atoms with van der Waals surface area (Å²) in [6.45, 7) is 6.04. The number of benzene rings is 1. The summed E-state index contributed by atoms with van der Waals surface area (Å²) < 4.78 is 0. The number of allylic oxidation sites excluding steroid dienone is 2. The lowest BCUT2D eigenvalue weighted by molar-refractivity contribution is 0.252. The first-order chi connectivity index (χ1) is 9.65. The number of unbranched alkanes of at least 4 members (excludes halogenated alkanes) is 1. The van der Waals surface area contributed by atoms with E-state index in [-0.39, 0.29) is 11.8 Å². The summed E-state index contributed by atoms with van der Waals surface area (Å²) in [7, 11) is 0. The van der Waals surface area contributed by atoms with Crippen LogP contribution in [-0.2, 0) is 0 Å². The number of amides is 2. The van der Waals surface area contributed by atoms with Crippen LogP contribution in [0.15, 0.2) is 41.0 Å². The minimum atomic E-state index is -0.246. The second kappa shape index (κ2) is 8.74. The van der Waals surface area contributed by atoms with Gasteiger partial charge in [-0.1, -0.05) is 6.08 Å². The molecule has 0 atom stereocenters. The molecule has 1 rings (SSSR count). The molecule has 0 heterocycles. The van der Waals surface area contributed by atoms with Gasteiger partial charge in [0, 0.05) is 17.9 Å². The number of carbonyl (C=O) groups excluding carboxylic acids is 1. The highest BCUT2D eigenvalue weighted by molar-refractivity contribution is 5.89. The molecule has 2 amide bonds. The average molecular weight is 275 g/mol. The molecule has 108 valence electrons. The van der Waals surface area contributed by atoms with Crippen molar-refractivity contribution in [3.05, 3.63) is 36.0 Å². The number of urea groups is 1. The van der Waals surface area contributed by atoms with Gasteiger partial charge in [-0.05, 0) is 57.2 Å². The first kappa shape index (κ1) is 15.8. The molecular weight excluding hydrogens is 254 g/mol. The maximum atomic E-state index is 11.6. The smallest absolute Gasteiger partial charge is 0.319 e. The minimum Gasteiger partial charge on any atom is -0.508 e. The molecule has 1 aromatic rings. The number of aromatic hydroxyl groups is 1. The highest BCUT2D eigenvalue weighted by Gasteiger charge is 2.01. The summed E-state index contributed by atoms with van der Waals surface area (Å²) in [4.78, 5) is 15.5. The molecule has 0 bridgehead atoms. The first-order valence-electron chi connectivity index (χ1n) is 6.61. The molecule has 0 unspecified atom stereocenters. The third-order valence-electron chi connectivity index (χ3n) is 2.81. The van der Waals surface area contributed by atoms with Crippen LogP contribution in [0.25, 0.3) is 0 Å². The highest BCUT2D eigenvalue weighted by atomic mass is 16.3. The van der Waals surface area contributed by atoms with Crippen molar-refractivity contribution in [1.82, 2.24) is 5.32 Å². The molecule has 0 radical (unpaired) electrons. The zero-order valence-corrected chi connectivity index (χ0v) is 11.7. The van der Waals surface area contributed by atoms with Gasteiger partial charge >= 0.3 is 6.03 Å². The molecule has 3 N–H and O–H groups in total. The Labute approximate surface area is 119 Å². The molecule has 1 aromatic carbocycles. The summed E-state index contributed by atoms with van der Waals surface area (Å²) in [5, 5.41) is 14.6. The number of hydrogen-bond donors (Lipinski definition) is 3. The van der Waals surface area contributed by atoms with E-state index in [1.807, 2.05) is 13.0 Å². The predicted octanol–water partition coefficient (Wildman–Crippen LogP) is 3.29. The van der Waals surface area contributed by atoms with Gasteiger partial charge in [0.1, 0.15) is 5.75 Å². The summed E-state index contributed by atoms with van der Waals surface area (Å²) in [5.74, 6) is 0.173. The normalized spacial score (nSPS) is 10.9. The van der Waals surface area contributed by atoms with Crippen molar-refractivity contribution in [2.75, 3.05) is 11.9 Å². The molecule has 20 heavy (non-hydrogen) atoms. The lowest BCUT2D eigenvalue weighted by atomic mass is 10.2. The topological polar surface area (TPSA) is 73.7 Å². The first-order valence-corrected chi connectivity index (χ1v) is 6.61. The molecule has 5 nitrogen and oxygen atoms in total. The number of hydrogen-bond acceptors (Lipinski definition) is 3. The van der Waals surface area contributed by atoms with Crippen LogP contribution in [0.5, 0.6) is 5.75 Å². The largest absolute Gasteiger partial charge is 0.508 e. The minimum absolute atomic E-state index is 0.173. The molecule has 0 spiro atoms. The SMILES string of the molecule is C=N/C(=C\C)CCCCNC(=O)Nc1ccc(O)cc1. The number of anilines is 1. The van der Waals surface area contributed by atoms with Gasteiger partial charge in [0.25, 0.3) is 0 Å². The number of carbonyl (C=O) groups is 1. The van der Waals surface area contributed by atoms with Crippen molar-refractivity contribution in [3.8, 4) is 5.75 Å². The fourth-order valence-electron chi connectivity index (χ4n) is 1.67. The van der Waals surface area contributed by atoms with Gasteiger partial charge in [0.05, 0.1) is 0 Å². The molecule has 0 aromatic heterocycles. The van der Waals surface area contributed by atoms with E-state index in [4.69, 9.17) is 5.11 Å². The summed E-state index contributed by atoms with van der Waals surface area (Å²) in [6, 6.07) is 6.09. The van der Waals surface area contributed by atoms with Crippen LogP contribution in [0.2, 0.25) is 0 Å². The number of nitrogens with one attached hydrogen (secondary N) is 2. The van der Waals surface area contributed by atoms with Crippen molar-refractivity contribution in [2.45, 2.75) is 26.2 Å². The van der Waals surface area contributed by atoms with Crippen LogP contribution in [0.3, 0.4) is 0 Å². The molecule has 0 saturated carbocycles. The van der Waals surface area contributed by atoms with E-state index in [1.54, 1.807) is 12.1 Å². The fourth-order valence-corrected chi connectivity index (χ4v) is 1.67. The van der Waals surface area contributed by atoms with Crippen LogP contribution in [0, 0.1) is 0 Å². The van der Waals surface area contributed by atoms with Gasteiger partial charge < -0.3 is 15.7 Å².